The third-order valence-corrected chi connectivity index (χ3v) is 3.63. The Kier molecular flexibility index (Phi) is 3.85. The van der Waals surface area contributed by atoms with Gasteiger partial charge in [0.1, 0.15) is 0 Å². The van der Waals surface area contributed by atoms with E-state index in [1.807, 2.05) is 0 Å². The number of nitrogen functional groups attached to an aromatic ring is 2. The zero-order valence-corrected chi connectivity index (χ0v) is 12.5. The van der Waals surface area contributed by atoms with Gasteiger partial charge in [0.2, 0.25) is 17.8 Å². The van der Waals surface area contributed by atoms with Crippen LogP contribution in [0.1, 0.15) is 0 Å². The maximum Gasteiger partial charge on any atom is 0.323 e. The second-order valence-electron chi connectivity index (χ2n) is 4.51. The van der Waals surface area contributed by atoms with E-state index in [4.69, 9.17) is 11.5 Å². The van der Waals surface area contributed by atoms with Crippen LogP contribution in [-0.4, -0.2) is 36.6 Å². The summed E-state index contributed by atoms with van der Waals surface area (Å²) in [5.41, 5.74) is 12.4. The van der Waals surface area contributed by atoms with Crippen LogP contribution in [0.4, 0.5) is 17.6 Å². The molecule has 0 spiro atoms. The van der Waals surface area contributed by atoms with Crippen LogP contribution in [0.25, 0.3) is 11.0 Å². The normalized spacial score (nSPS) is 10.8. The van der Waals surface area contributed by atoms with E-state index in [2.05, 4.69) is 30.2 Å². The lowest BCUT2D eigenvalue weighted by Crippen LogP contribution is -2.14. The number of thioether (sulfide) groups is 1. The molecule has 0 aliphatic rings. The van der Waals surface area contributed by atoms with Crippen molar-refractivity contribution < 1.29 is 4.79 Å². The molecule has 0 saturated heterocycles. The van der Waals surface area contributed by atoms with E-state index >= 15 is 0 Å². The molecule has 11 heteroatoms. The number of carbonyl (C=O) groups excluding carboxylic acids is 1. The molecule has 0 saturated carbocycles. The van der Waals surface area contributed by atoms with Gasteiger partial charge in [-0.2, -0.15) is 15.0 Å². The molecule has 118 valence electrons. The fourth-order valence-electron chi connectivity index (χ4n) is 1.89. The summed E-state index contributed by atoms with van der Waals surface area (Å²) in [6.07, 6.45) is 0. The van der Waals surface area contributed by atoms with Gasteiger partial charge in [0, 0.05) is 5.69 Å². The zero-order chi connectivity index (χ0) is 16.4. The Morgan fingerprint density at radius 3 is 2.57 bits per heavy atom. The van der Waals surface area contributed by atoms with Crippen molar-refractivity contribution >= 4 is 46.3 Å². The summed E-state index contributed by atoms with van der Waals surface area (Å²) >= 11 is 1.09. The van der Waals surface area contributed by atoms with Gasteiger partial charge in [-0.15, -0.1) is 0 Å². The van der Waals surface area contributed by atoms with Gasteiger partial charge in [0.15, 0.2) is 5.16 Å². The minimum atomic E-state index is -0.302. The van der Waals surface area contributed by atoms with Crippen LogP contribution in [0.2, 0.25) is 0 Å². The van der Waals surface area contributed by atoms with Crippen molar-refractivity contribution in [2.45, 2.75) is 5.16 Å². The molecule has 0 unspecified atom stereocenters. The number of aromatic amines is 2. The summed E-state index contributed by atoms with van der Waals surface area (Å²) < 4.78 is 0. The molecule has 2 heterocycles. The number of rotatable bonds is 4. The summed E-state index contributed by atoms with van der Waals surface area (Å²) in [5.74, 6) is -0.181. The van der Waals surface area contributed by atoms with Gasteiger partial charge >= 0.3 is 5.69 Å². The molecule has 10 nitrogen and oxygen atoms in total. The molecule has 0 bridgehead atoms. The van der Waals surface area contributed by atoms with Gasteiger partial charge in [-0.1, -0.05) is 11.8 Å². The summed E-state index contributed by atoms with van der Waals surface area (Å²) in [7, 11) is 0. The van der Waals surface area contributed by atoms with E-state index in [1.54, 1.807) is 18.2 Å². The summed E-state index contributed by atoms with van der Waals surface area (Å²) in [6.45, 7) is 0. The molecule has 0 atom stereocenters. The average molecular weight is 332 g/mol. The predicted octanol–water partition coefficient (Wildman–Crippen LogP) is -0.0636. The molecule has 1 amide bonds. The number of nitrogens with zero attached hydrogens (tertiary/aromatic N) is 3. The number of hydrogen-bond donors (Lipinski definition) is 5. The lowest BCUT2D eigenvalue weighted by molar-refractivity contribution is -0.113. The Hall–Kier alpha value is -3.08. The van der Waals surface area contributed by atoms with Crippen molar-refractivity contribution in [1.29, 1.82) is 0 Å². The van der Waals surface area contributed by atoms with Crippen LogP contribution in [-0.2, 0) is 4.79 Å². The first-order chi connectivity index (χ1) is 11.0. The van der Waals surface area contributed by atoms with Crippen LogP contribution in [0.5, 0.6) is 0 Å². The molecule has 0 fully saturated rings. The van der Waals surface area contributed by atoms with E-state index in [-0.39, 0.29) is 34.4 Å². The number of benzene rings is 1. The smallest absolute Gasteiger partial charge is 0.323 e. The zero-order valence-electron chi connectivity index (χ0n) is 11.7. The Morgan fingerprint density at radius 1 is 1.13 bits per heavy atom. The number of imidazole rings is 1. The van der Waals surface area contributed by atoms with Gasteiger partial charge in [-0.3, -0.25) is 4.79 Å². The van der Waals surface area contributed by atoms with Crippen LogP contribution >= 0.6 is 11.8 Å². The standard InChI is InChI=1S/C12H12N8O2S/c13-9-18-10(14)20-12(19-9)23-4-8(21)15-5-1-2-6-7(3-5)17-11(22)16-6/h1-3H,4H2,(H,15,21)(H2,16,17,22)(H4,13,14,18,19,20). The second kappa shape index (κ2) is 5.96. The largest absolute Gasteiger partial charge is 0.368 e. The number of amides is 1. The van der Waals surface area contributed by atoms with Crippen molar-refractivity contribution in [3.63, 3.8) is 0 Å². The number of H-pyrrole nitrogens is 2. The van der Waals surface area contributed by atoms with Crippen LogP contribution in [0, 0.1) is 0 Å². The summed E-state index contributed by atoms with van der Waals surface area (Å²) in [6, 6.07) is 5.05. The lowest BCUT2D eigenvalue weighted by Gasteiger charge is -2.05. The molecule has 23 heavy (non-hydrogen) atoms. The van der Waals surface area contributed by atoms with Gasteiger partial charge in [-0.05, 0) is 18.2 Å². The van der Waals surface area contributed by atoms with E-state index < -0.39 is 0 Å². The highest BCUT2D eigenvalue weighted by molar-refractivity contribution is 7.99. The topological polar surface area (TPSA) is 168 Å². The maximum absolute atomic E-state index is 12.0. The summed E-state index contributed by atoms with van der Waals surface area (Å²) in [4.78, 5) is 39.8. The maximum atomic E-state index is 12.0. The predicted molar refractivity (Wildman–Crippen MR) is 86.9 cm³/mol. The SMILES string of the molecule is Nc1nc(N)nc(SCC(=O)Nc2ccc3[nH]c(=O)[nH]c3c2)n1. The van der Waals surface area contributed by atoms with Crippen molar-refractivity contribution in [3.05, 3.63) is 28.7 Å². The Morgan fingerprint density at radius 2 is 1.83 bits per heavy atom. The minimum Gasteiger partial charge on any atom is -0.368 e. The molecule has 0 aliphatic heterocycles. The molecule has 2 aromatic heterocycles. The average Bonchev–Trinajstić information content (AvgIpc) is 2.83. The third-order valence-electron chi connectivity index (χ3n) is 2.78. The number of fused-ring (bicyclic) bond motifs is 1. The first-order valence-electron chi connectivity index (χ1n) is 6.41. The highest BCUT2D eigenvalue weighted by Gasteiger charge is 2.08. The Labute approximate surface area is 133 Å². The highest BCUT2D eigenvalue weighted by atomic mass is 32.2. The van der Waals surface area contributed by atoms with E-state index in [1.165, 1.54) is 0 Å². The lowest BCUT2D eigenvalue weighted by atomic mass is 10.3. The van der Waals surface area contributed by atoms with Gasteiger partial charge in [0.05, 0.1) is 16.8 Å². The highest BCUT2D eigenvalue weighted by Crippen LogP contribution is 2.17. The van der Waals surface area contributed by atoms with Crippen LogP contribution < -0.4 is 22.5 Å². The molecule has 0 radical (unpaired) electrons. The quantitative estimate of drug-likeness (QED) is 0.414. The van der Waals surface area contributed by atoms with E-state index in [0.29, 0.717) is 16.7 Å². The molecular weight excluding hydrogens is 320 g/mol. The monoisotopic (exact) mass is 332 g/mol. The molecule has 3 aromatic rings. The molecule has 7 N–H and O–H groups in total. The van der Waals surface area contributed by atoms with Gasteiger partial charge in [-0.25, -0.2) is 4.79 Å². The number of nitrogens with one attached hydrogen (secondary N) is 3. The fourth-order valence-corrected chi connectivity index (χ4v) is 2.54. The van der Waals surface area contributed by atoms with Gasteiger partial charge < -0.3 is 26.8 Å². The molecule has 3 rings (SSSR count). The van der Waals surface area contributed by atoms with E-state index in [0.717, 1.165) is 11.8 Å². The molecule has 0 aliphatic carbocycles. The third kappa shape index (κ3) is 3.58. The Balaban J connectivity index is 1.64. The van der Waals surface area contributed by atoms with Crippen molar-refractivity contribution in [2.75, 3.05) is 22.5 Å². The van der Waals surface area contributed by atoms with Crippen molar-refractivity contribution in [3.8, 4) is 0 Å². The van der Waals surface area contributed by atoms with E-state index in [9.17, 15) is 9.59 Å². The Bertz CT molecular complexity index is 914. The minimum absolute atomic E-state index is 0.00210. The fraction of sp³-hybridized carbons (Fsp3) is 0.0833. The van der Waals surface area contributed by atoms with Crippen LogP contribution in [0.15, 0.2) is 28.2 Å². The number of hydrogen-bond acceptors (Lipinski definition) is 8. The number of carbonyl (C=O) groups is 1. The first-order valence-corrected chi connectivity index (χ1v) is 7.40. The number of anilines is 3. The molecule has 1 aromatic carbocycles. The molecular formula is C12H12N8O2S. The van der Waals surface area contributed by atoms with Gasteiger partial charge in [0.25, 0.3) is 0 Å². The van der Waals surface area contributed by atoms with Crippen molar-refractivity contribution in [2.24, 2.45) is 0 Å². The second-order valence-corrected chi connectivity index (χ2v) is 5.45. The van der Waals surface area contributed by atoms with Crippen LogP contribution in [0.3, 0.4) is 0 Å². The number of nitrogens with two attached hydrogens (primary N) is 2. The van der Waals surface area contributed by atoms with Crippen molar-refractivity contribution in [1.82, 2.24) is 24.9 Å². The first kappa shape index (κ1) is 14.8. The summed E-state index contributed by atoms with van der Waals surface area (Å²) in [5, 5.41) is 2.99. The number of aromatic nitrogens is 5.